The smallest absolute Gasteiger partial charge is 0.246 e. The summed E-state index contributed by atoms with van der Waals surface area (Å²) in [5.41, 5.74) is 0.413. The summed E-state index contributed by atoms with van der Waals surface area (Å²) in [7, 11) is 3.17. The molecule has 4 aliphatic rings. The summed E-state index contributed by atoms with van der Waals surface area (Å²) in [5.74, 6) is -1.04. The van der Waals surface area contributed by atoms with Gasteiger partial charge in [0.05, 0.1) is 32.2 Å². The average Bonchev–Trinajstić information content (AvgIpc) is 3.67. The van der Waals surface area contributed by atoms with Gasteiger partial charge in [-0.05, 0) is 61.4 Å². The molecule has 2 bridgehead atoms. The van der Waals surface area contributed by atoms with Gasteiger partial charge in [-0.1, -0.05) is 43.5 Å². The molecule has 1 spiro atoms. The van der Waals surface area contributed by atoms with E-state index in [4.69, 9.17) is 14.2 Å². The van der Waals surface area contributed by atoms with E-state index in [1.54, 1.807) is 30.9 Å². The fraction of sp³-hybridized carbons (Fsp3) is 0.485. The molecule has 3 aliphatic heterocycles. The fourth-order valence-electron chi connectivity index (χ4n) is 7.25. The Hall–Kier alpha value is -3.50. The highest BCUT2D eigenvalue weighted by molar-refractivity contribution is 7.98. The van der Waals surface area contributed by atoms with Gasteiger partial charge in [0.2, 0.25) is 17.7 Å². The number of hydrogen-bond acceptors (Lipinski definition) is 7. The van der Waals surface area contributed by atoms with Crippen molar-refractivity contribution in [3.8, 4) is 11.5 Å². The van der Waals surface area contributed by atoms with Gasteiger partial charge < -0.3 is 29.7 Å². The number of nitrogens with one attached hydrogen (secondary N) is 2. The number of fused-ring (bicyclic) bond motifs is 1. The van der Waals surface area contributed by atoms with Gasteiger partial charge in [-0.3, -0.25) is 14.4 Å². The number of benzene rings is 2. The summed E-state index contributed by atoms with van der Waals surface area (Å²) in [4.78, 5) is 44.8. The van der Waals surface area contributed by atoms with Crippen LogP contribution < -0.4 is 20.1 Å². The molecule has 5 atom stereocenters. The van der Waals surface area contributed by atoms with Crippen LogP contribution in [0.4, 0.5) is 5.69 Å². The standard InChI is InChI=1S/C33H39N3O6S/c1-40-24-13-12-20(18-26(24)41-2)15-17-36-29(31(38)34-21-8-5-4-6-9-21)33-16-14-25(42-33)27(28(33)32(36)39)30(37)35-22-10-7-11-23(19-22)43-3/h7,10-14,16,18-19,21,25,27-29H,4-6,8-9,15,17H2,1-3H3,(H,34,38)(H,35,37)/t25-,27+,28-,29+,33-/m0/s1. The van der Waals surface area contributed by atoms with E-state index >= 15 is 0 Å². The molecule has 3 fully saturated rings. The zero-order chi connectivity index (χ0) is 30.1. The molecule has 9 nitrogen and oxygen atoms in total. The Morgan fingerprint density at radius 1 is 1.05 bits per heavy atom. The molecular weight excluding hydrogens is 566 g/mol. The largest absolute Gasteiger partial charge is 0.493 e. The van der Waals surface area contributed by atoms with Crippen molar-refractivity contribution in [2.24, 2.45) is 11.8 Å². The number of hydrogen-bond donors (Lipinski definition) is 2. The number of thioether (sulfide) groups is 1. The van der Waals surface area contributed by atoms with Crippen LogP contribution in [0, 0.1) is 11.8 Å². The summed E-state index contributed by atoms with van der Waals surface area (Å²) in [5, 5.41) is 6.26. The molecule has 0 aromatic heterocycles. The van der Waals surface area contributed by atoms with Crippen LogP contribution >= 0.6 is 11.8 Å². The first-order valence-corrected chi connectivity index (χ1v) is 16.2. The lowest BCUT2D eigenvalue weighted by atomic mass is 9.74. The van der Waals surface area contributed by atoms with E-state index in [1.807, 2.05) is 60.9 Å². The summed E-state index contributed by atoms with van der Waals surface area (Å²) in [6.07, 6.45) is 10.8. The maximum atomic E-state index is 14.3. The lowest BCUT2D eigenvalue weighted by Gasteiger charge is -2.34. The SMILES string of the molecule is COc1ccc(CCN2C(=O)[C@@H]3[C@H](C(=O)Nc4cccc(SC)c4)[C@@H]4C=C[C@@]3(O4)[C@H]2C(=O)NC2CCCCC2)cc1OC. The fourth-order valence-corrected chi connectivity index (χ4v) is 7.71. The number of rotatable bonds is 10. The Kier molecular flexibility index (Phi) is 8.42. The summed E-state index contributed by atoms with van der Waals surface area (Å²) in [6, 6.07) is 12.5. The number of likely N-dealkylation sites (tertiary alicyclic amines) is 1. The molecule has 2 N–H and O–H groups in total. The van der Waals surface area contributed by atoms with Crippen LogP contribution in [0.3, 0.4) is 0 Å². The van der Waals surface area contributed by atoms with Gasteiger partial charge in [-0.2, -0.15) is 0 Å². The van der Waals surface area contributed by atoms with Crippen molar-refractivity contribution in [2.45, 2.75) is 67.2 Å². The van der Waals surface area contributed by atoms with E-state index < -0.39 is 29.6 Å². The maximum Gasteiger partial charge on any atom is 0.246 e. The second kappa shape index (κ2) is 12.2. The Morgan fingerprint density at radius 2 is 1.84 bits per heavy atom. The van der Waals surface area contributed by atoms with E-state index in [0.717, 1.165) is 36.1 Å². The minimum atomic E-state index is -1.19. The Bertz CT molecular complexity index is 1430. The third kappa shape index (κ3) is 5.40. The van der Waals surface area contributed by atoms with Gasteiger partial charge in [0.1, 0.15) is 11.6 Å². The van der Waals surface area contributed by atoms with Gasteiger partial charge in [-0.15, -0.1) is 11.8 Å². The van der Waals surface area contributed by atoms with Crippen LogP contribution in [0.15, 0.2) is 59.5 Å². The minimum absolute atomic E-state index is 0.0740. The van der Waals surface area contributed by atoms with Gasteiger partial charge in [0.15, 0.2) is 11.5 Å². The van der Waals surface area contributed by atoms with Crippen molar-refractivity contribution in [2.75, 3.05) is 32.3 Å². The molecule has 0 radical (unpaired) electrons. The maximum absolute atomic E-state index is 14.3. The van der Waals surface area contributed by atoms with Crippen molar-refractivity contribution in [1.82, 2.24) is 10.2 Å². The average molecular weight is 606 g/mol. The van der Waals surface area contributed by atoms with Crippen LogP contribution in [0.2, 0.25) is 0 Å². The molecule has 2 saturated heterocycles. The van der Waals surface area contributed by atoms with E-state index in [1.165, 1.54) is 6.42 Å². The molecule has 6 rings (SSSR count). The van der Waals surface area contributed by atoms with Crippen molar-refractivity contribution >= 4 is 35.2 Å². The molecule has 43 heavy (non-hydrogen) atoms. The lowest BCUT2D eigenvalue weighted by molar-refractivity contribution is -0.141. The normalized spacial score (nSPS) is 27.7. The third-order valence-corrected chi connectivity index (χ3v) is 10.0. The van der Waals surface area contributed by atoms with Crippen molar-refractivity contribution in [1.29, 1.82) is 0 Å². The Balaban J connectivity index is 1.28. The molecular formula is C33H39N3O6S. The van der Waals surface area contributed by atoms with Gasteiger partial charge >= 0.3 is 0 Å². The van der Waals surface area contributed by atoms with Gasteiger partial charge in [-0.25, -0.2) is 0 Å². The first-order valence-electron chi connectivity index (χ1n) is 15.0. The predicted molar refractivity (Wildman–Crippen MR) is 164 cm³/mol. The van der Waals surface area contributed by atoms with E-state index in [2.05, 4.69) is 10.6 Å². The molecule has 3 heterocycles. The number of methoxy groups -OCH3 is 2. The van der Waals surface area contributed by atoms with E-state index in [9.17, 15) is 14.4 Å². The van der Waals surface area contributed by atoms with E-state index in [-0.39, 0.29) is 23.8 Å². The predicted octanol–water partition coefficient (Wildman–Crippen LogP) is 4.21. The topological polar surface area (TPSA) is 106 Å². The monoisotopic (exact) mass is 605 g/mol. The van der Waals surface area contributed by atoms with Gasteiger partial charge in [0.25, 0.3) is 0 Å². The molecule has 2 aromatic carbocycles. The highest BCUT2D eigenvalue weighted by Crippen LogP contribution is 2.55. The second-order valence-corrected chi connectivity index (χ2v) is 12.6. The van der Waals surface area contributed by atoms with Crippen LogP contribution in [0.25, 0.3) is 0 Å². The van der Waals surface area contributed by atoms with Crippen molar-refractivity contribution in [3.63, 3.8) is 0 Å². The lowest BCUT2D eigenvalue weighted by Crippen LogP contribution is -2.56. The number of amides is 3. The molecule has 1 aliphatic carbocycles. The highest BCUT2D eigenvalue weighted by atomic mass is 32.2. The Morgan fingerprint density at radius 3 is 2.58 bits per heavy atom. The second-order valence-electron chi connectivity index (χ2n) is 11.7. The minimum Gasteiger partial charge on any atom is -0.493 e. The number of ether oxygens (including phenoxy) is 3. The molecule has 10 heteroatoms. The molecule has 1 saturated carbocycles. The summed E-state index contributed by atoms with van der Waals surface area (Å²) < 4.78 is 17.4. The van der Waals surface area contributed by atoms with Crippen molar-refractivity contribution in [3.05, 3.63) is 60.2 Å². The van der Waals surface area contributed by atoms with Gasteiger partial charge in [0, 0.05) is 23.2 Å². The Labute approximate surface area is 256 Å². The summed E-state index contributed by atoms with van der Waals surface area (Å²) >= 11 is 1.59. The molecule has 228 valence electrons. The van der Waals surface area contributed by atoms with Crippen LogP contribution in [-0.4, -0.2) is 73.4 Å². The number of nitrogens with zero attached hydrogens (tertiary/aromatic N) is 1. The number of carbonyl (C=O) groups excluding carboxylic acids is 3. The molecule has 2 aromatic rings. The number of carbonyl (C=O) groups is 3. The first kappa shape index (κ1) is 29.6. The highest BCUT2D eigenvalue weighted by Gasteiger charge is 2.72. The quantitative estimate of drug-likeness (QED) is 0.309. The first-order chi connectivity index (χ1) is 20.9. The zero-order valence-corrected chi connectivity index (χ0v) is 25.7. The van der Waals surface area contributed by atoms with Crippen LogP contribution in [0.5, 0.6) is 11.5 Å². The number of anilines is 1. The van der Waals surface area contributed by atoms with Crippen LogP contribution in [0.1, 0.15) is 37.7 Å². The molecule has 3 amide bonds. The van der Waals surface area contributed by atoms with Crippen LogP contribution in [-0.2, 0) is 25.5 Å². The molecule has 0 unspecified atom stereocenters. The van der Waals surface area contributed by atoms with Crippen molar-refractivity contribution < 1.29 is 28.6 Å². The third-order valence-electron chi connectivity index (χ3n) is 9.30. The zero-order valence-electron chi connectivity index (χ0n) is 24.8. The van der Waals surface area contributed by atoms with E-state index in [0.29, 0.717) is 30.2 Å². The summed E-state index contributed by atoms with van der Waals surface area (Å²) in [6.45, 7) is 0.293.